The summed E-state index contributed by atoms with van der Waals surface area (Å²) in [5, 5.41) is 8.37. The molecule has 0 aliphatic heterocycles. The molecule has 0 bridgehead atoms. The normalized spacial score (nSPS) is 10.3. The van der Waals surface area contributed by atoms with Crippen molar-refractivity contribution in [1.82, 2.24) is 0 Å². The van der Waals surface area contributed by atoms with Crippen molar-refractivity contribution in [3.05, 3.63) is 58.6 Å². The molecule has 0 unspecified atom stereocenters. The van der Waals surface area contributed by atoms with Crippen LogP contribution in [-0.2, 0) is 6.61 Å². The average molecular weight is 307 g/mol. The standard InChI is InChI=1S/C15H15ClN2OS/c1-20-13-8-4-7-12(14(13)15(17)18)19-9-10-5-2-3-6-11(10)16/h2-8H,9H2,1H3,(H3,17,18). The van der Waals surface area contributed by atoms with Gasteiger partial charge in [-0.25, -0.2) is 0 Å². The molecule has 2 aromatic rings. The van der Waals surface area contributed by atoms with E-state index in [0.717, 1.165) is 10.5 Å². The molecule has 0 radical (unpaired) electrons. The summed E-state index contributed by atoms with van der Waals surface area (Å²) in [6.07, 6.45) is 1.94. The van der Waals surface area contributed by atoms with E-state index in [9.17, 15) is 0 Å². The molecular weight excluding hydrogens is 292 g/mol. The molecule has 0 aliphatic carbocycles. The molecule has 0 fully saturated rings. The molecule has 0 aromatic heterocycles. The van der Waals surface area contributed by atoms with E-state index in [1.165, 1.54) is 11.8 Å². The van der Waals surface area contributed by atoms with Crippen LogP contribution < -0.4 is 10.5 Å². The Morgan fingerprint density at radius 1 is 1.25 bits per heavy atom. The number of benzene rings is 2. The van der Waals surface area contributed by atoms with Crippen molar-refractivity contribution in [3.8, 4) is 5.75 Å². The number of nitrogens with two attached hydrogens (primary N) is 1. The fourth-order valence-corrected chi connectivity index (χ4v) is 2.66. The Bertz CT molecular complexity index is 631. The summed E-state index contributed by atoms with van der Waals surface area (Å²) >= 11 is 7.64. The molecule has 0 saturated heterocycles. The highest BCUT2D eigenvalue weighted by Crippen LogP contribution is 2.29. The van der Waals surface area contributed by atoms with Gasteiger partial charge in [0, 0.05) is 15.5 Å². The predicted octanol–water partition coefficient (Wildman–Crippen LogP) is 3.92. The molecule has 20 heavy (non-hydrogen) atoms. The van der Waals surface area contributed by atoms with Gasteiger partial charge in [0.15, 0.2) is 0 Å². The number of rotatable bonds is 5. The van der Waals surface area contributed by atoms with E-state index in [2.05, 4.69) is 0 Å². The van der Waals surface area contributed by atoms with Crippen molar-refractivity contribution >= 4 is 29.2 Å². The second-order valence-electron chi connectivity index (χ2n) is 4.13. The molecule has 0 atom stereocenters. The lowest BCUT2D eigenvalue weighted by atomic mass is 10.2. The lowest BCUT2D eigenvalue weighted by molar-refractivity contribution is 0.305. The third kappa shape index (κ3) is 3.26. The minimum absolute atomic E-state index is 0.00380. The Balaban J connectivity index is 2.26. The van der Waals surface area contributed by atoms with Gasteiger partial charge in [0.25, 0.3) is 0 Å². The second-order valence-corrected chi connectivity index (χ2v) is 5.38. The number of hydrogen-bond acceptors (Lipinski definition) is 3. The van der Waals surface area contributed by atoms with E-state index < -0.39 is 0 Å². The first-order valence-electron chi connectivity index (χ1n) is 6.01. The van der Waals surface area contributed by atoms with Gasteiger partial charge in [-0.05, 0) is 24.5 Å². The molecule has 2 aromatic carbocycles. The Morgan fingerprint density at radius 3 is 2.65 bits per heavy atom. The van der Waals surface area contributed by atoms with E-state index in [4.69, 9.17) is 27.5 Å². The quantitative estimate of drug-likeness (QED) is 0.500. The summed E-state index contributed by atoms with van der Waals surface area (Å²) in [4.78, 5) is 0.925. The highest BCUT2D eigenvalue weighted by atomic mass is 35.5. The van der Waals surface area contributed by atoms with E-state index in [1.807, 2.05) is 48.7 Å². The highest BCUT2D eigenvalue weighted by molar-refractivity contribution is 7.98. The molecule has 104 valence electrons. The zero-order valence-corrected chi connectivity index (χ0v) is 12.6. The molecule has 0 heterocycles. The summed E-state index contributed by atoms with van der Waals surface area (Å²) < 4.78 is 5.79. The van der Waals surface area contributed by atoms with Crippen molar-refractivity contribution in [2.45, 2.75) is 11.5 Å². The van der Waals surface area contributed by atoms with Gasteiger partial charge in [0.05, 0.1) is 5.56 Å². The Hall–Kier alpha value is -1.65. The minimum atomic E-state index is 0.00380. The van der Waals surface area contributed by atoms with Gasteiger partial charge < -0.3 is 10.5 Å². The number of nitrogen functional groups attached to an aromatic ring is 1. The van der Waals surface area contributed by atoms with Crippen LogP contribution in [-0.4, -0.2) is 12.1 Å². The summed E-state index contributed by atoms with van der Waals surface area (Å²) in [5.41, 5.74) is 7.19. The van der Waals surface area contributed by atoms with Crippen LogP contribution in [0.2, 0.25) is 5.02 Å². The van der Waals surface area contributed by atoms with Crippen LogP contribution in [0.25, 0.3) is 0 Å². The van der Waals surface area contributed by atoms with Crippen LogP contribution in [0, 0.1) is 5.41 Å². The number of hydrogen-bond donors (Lipinski definition) is 2. The van der Waals surface area contributed by atoms with Gasteiger partial charge in [-0.15, -0.1) is 11.8 Å². The lowest BCUT2D eigenvalue weighted by Gasteiger charge is -2.14. The molecule has 0 amide bonds. The summed E-state index contributed by atoms with van der Waals surface area (Å²) in [6, 6.07) is 13.1. The van der Waals surface area contributed by atoms with Crippen molar-refractivity contribution < 1.29 is 4.74 Å². The van der Waals surface area contributed by atoms with E-state index in [1.54, 1.807) is 0 Å². The first kappa shape index (κ1) is 14.8. The van der Waals surface area contributed by atoms with Crippen molar-refractivity contribution in [2.24, 2.45) is 5.73 Å². The molecule has 2 rings (SSSR count). The summed E-state index contributed by atoms with van der Waals surface area (Å²) in [7, 11) is 0. The topological polar surface area (TPSA) is 59.1 Å². The van der Waals surface area contributed by atoms with Gasteiger partial charge in [-0.1, -0.05) is 35.9 Å². The Kier molecular flexibility index (Phi) is 4.93. The molecule has 3 nitrogen and oxygen atoms in total. The molecule has 3 N–H and O–H groups in total. The smallest absolute Gasteiger partial charge is 0.131 e. The zero-order chi connectivity index (χ0) is 14.5. The summed E-state index contributed by atoms with van der Waals surface area (Å²) in [5.74, 6) is 0.605. The van der Waals surface area contributed by atoms with Crippen LogP contribution in [0.4, 0.5) is 0 Å². The molecule has 0 aliphatic rings. The predicted molar refractivity (Wildman–Crippen MR) is 85.0 cm³/mol. The first-order chi connectivity index (χ1) is 9.63. The van der Waals surface area contributed by atoms with Crippen molar-refractivity contribution in [3.63, 3.8) is 0 Å². The third-order valence-electron chi connectivity index (χ3n) is 2.82. The molecular formula is C15H15ClN2OS. The fraction of sp³-hybridized carbons (Fsp3) is 0.133. The maximum absolute atomic E-state index is 7.70. The lowest BCUT2D eigenvalue weighted by Crippen LogP contribution is -2.14. The van der Waals surface area contributed by atoms with Crippen molar-refractivity contribution in [2.75, 3.05) is 6.26 Å². The van der Waals surface area contributed by atoms with Crippen LogP contribution in [0.3, 0.4) is 0 Å². The van der Waals surface area contributed by atoms with Crippen molar-refractivity contribution in [1.29, 1.82) is 5.41 Å². The van der Waals surface area contributed by atoms with Crippen LogP contribution in [0.5, 0.6) is 5.75 Å². The number of halogens is 1. The van der Waals surface area contributed by atoms with Crippen LogP contribution in [0.1, 0.15) is 11.1 Å². The number of amidine groups is 1. The second kappa shape index (κ2) is 6.68. The zero-order valence-electron chi connectivity index (χ0n) is 11.0. The molecule has 0 saturated carbocycles. The molecule has 5 heteroatoms. The monoisotopic (exact) mass is 306 g/mol. The van der Waals surface area contributed by atoms with E-state index in [-0.39, 0.29) is 5.84 Å². The third-order valence-corrected chi connectivity index (χ3v) is 3.97. The fourth-order valence-electron chi connectivity index (χ4n) is 1.84. The Morgan fingerprint density at radius 2 is 2.00 bits per heavy atom. The maximum atomic E-state index is 7.70. The van der Waals surface area contributed by atoms with E-state index in [0.29, 0.717) is 22.9 Å². The van der Waals surface area contributed by atoms with Gasteiger partial charge in [-0.3, -0.25) is 5.41 Å². The molecule has 0 spiro atoms. The van der Waals surface area contributed by atoms with Crippen LogP contribution >= 0.6 is 23.4 Å². The maximum Gasteiger partial charge on any atom is 0.131 e. The van der Waals surface area contributed by atoms with Gasteiger partial charge in [-0.2, -0.15) is 0 Å². The SMILES string of the molecule is CSc1cccc(OCc2ccccc2Cl)c1C(=N)N. The summed E-state index contributed by atoms with van der Waals surface area (Å²) in [6.45, 7) is 0.345. The Labute approximate surface area is 127 Å². The van der Waals surface area contributed by atoms with Crippen LogP contribution in [0.15, 0.2) is 47.4 Å². The minimum Gasteiger partial charge on any atom is -0.488 e. The highest BCUT2D eigenvalue weighted by Gasteiger charge is 2.12. The first-order valence-corrected chi connectivity index (χ1v) is 7.61. The average Bonchev–Trinajstić information content (AvgIpc) is 2.45. The van der Waals surface area contributed by atoms with E-state index >= 15 is 0 Å². The largest absolute Gasteiger partial charge is 0.488 e. The van der Waals surface area contributed by atoms with Gasteiger partial charge >= 0.3 is 0 Å². The van der Waals surface area contributed by atoms with Gasteiger partial charge in [0.1, 0.15) is 18.2 Å². The number of thioether (sulfide) groups is 1. The number of ether oxygens (including phenoxy) is 1. The van der Waals surface area contributed by atoms with Gasteiger partial charge in [0.2, 0.25) is 0 Å². The number of nitrogens with one attached hydrogen (secondary N) is 1.